The summed E-state index contributed by atoms with van der Waals surface area (Å²) in [6.07, 6.45) is 1.59. The Morgan fingerprint density at radius 2 is 2.00 bits per heavy atom. The Labute approximate surface area is 120 Å². The fourth-order valence-electron chi connectivity index (χ4n) is 1.72. The summed E-state index contributed by atoms with van der Waals surface area (Å²) in [6.45, 7) is 5.00. The molecule has 19 heavy (non-hydrogen) atoms. The molecule has 0 spiro atoms. The van der Waals surface area contributed by atoms with Crippen LogP contribution in [0.25, 0.3) is 0 Å². The molecule has 0 aliphatic carbocycles. The molecule has 100 valence electrons. The number of aromatic nitrogens is 2. The van der Waals surface area contributed by atoms with E-state index in [2.05, 4.69) is 69.6 Å². The Hall–Kier alpha value is -1.62. The predicted octanol–water partition coefficient (Wildman–Crippen LogP) is 3.27. The van der Waals surface area contributed by atoms with Gasteiger partial charge in [0.2, 0.25) is 0 Å². The topological polar surface area (TPSA) is 57.8 Å². The lowest BCUT2D eigenvalue weighted by Gasteiger charge is -2.09. The largest absolute Gasteiger partial charge is 0.379 e. The van der Waals surface area contributed by atoms with E-state index < -0.39 is 0 Å². The number of hydrogen-bond donors (Lipinski definition) is 2. The van der Waals surface area contributed by atoms with E-state index in [0.29, 0.717) is 22.6 Å². The van der Waals surface area contributed by atoms with E-state index >= 15 is 0 Å². The van der Waals surface area contributed by atoms with E-state index in [-0.39, 0.29) is 5.56 Å². The first-order valence-electron chi connectivity index (χ1n) is 6.14. The maximum absolute atomic E-state index is 11.4. The second-order valence-electron chi connectivity index (χ2n) is 4.68. The number of H-pyrrole nitrogens is 1. The van der Waals surface area contributed by atoms with Crippen LogP contribution < -0.4 is 10.9 Å². The van der Waals surface area contributed by atoms with E-state index in [1.807, 2.05) is 0 Å². The summed E-state index contributed by atoms with van der Waals surface area (Å²) >= 11 is 3.24. The molecule has 0 bridgehead atoms. The number of rotatable bonds is 4. The molecule has 4 nitrogen and oxygen atoms in total. The highest BCUT2D eigenvalue weighted by Gasteiger charge is 2.04. The van der Waals surface area contributed by atoms with Gasteiger partial charge >= 0.3 is 0 Å². The van der Waals surface area contributed by atoms with Gasteiger partial charge in [-0.05, 0) is 33.0 Å². The maximum Gasteiger partial charge on any atom is 0.280 e. The number of nitrogens with zero attached hydrogens (tertiary/aromatic N) is 1. The minimum atomic E-state index is -0.236. The van der Waals surface area contributed by atoms with Gasteiger partial charge in [0.15, 0.2) is 0 Å². The molecule has 0 atom stereocenters. The van der Waals surface area contributed by atoms with Crippen molar-refractivity contribution in [2.24, 2.45) is 0 Å². The molecule has 5 heteroatoms. The van der Waals surface area contributed by atoms with E-state index in [9.17, 15) is 4.79 Å². The van der Waals surface area contributed by atoms with Crippen molar-refractivity contribution in [1.29, 1.82) is 0 Å². The zero-order valence-corrected chi connectivity index (χ0v) is 12.5. The first-order valence-corrected chi connectivity index (χ1v) is 6.93. The zero-order chi connectivity index (χ0) is 13.8. The number of nitrogens with one attached hydrogen (secondary N) is 2. The fraction of sp³-hybridized carbons (Fsp3) is 0.286. The van der Waals surface area contributed by atoms with Crippen LogP contribution in [0.1, 0.15) is 30.9 Å². The number of halogens is 1. The normalized spacial score (nSPS) is 10.7. The van der Waals surface area contributed by atoms with Crippen LogP contribution >= 0.6 is 15.9 Å². The third-order valence-electron chi connectivity index (χ3n) is 2.92. The minimum Gasteiger partial charge on any atom is -0.379 e. The highest BCUT2D eigenvalue weighted by Crippen LogP contribution is 2.18. The van der Waals surface area contributed by atoms with Gasteiger partial charge in [0.1, 0.15) is 4.47 Å². The van der Waals surface area contributed by atoms with Crippen LogP contribution in [0, 0.1) is 0 Å². The Bertz CT molecular complexity index is 605. The number of hydrogen-bond acceptors (Lipinski definition) is 3. The molecular weight excluding hydrogens is 306 g/mol. The quantitative estimate of drug-likeness (QED) is 0.908. The Morgan fingerprint density at radius 3 is 2.63 bits per heavy atom. The molecule has 1 heterocycles. The molecule has 2 N–H and O–H groups in total. The SMILES string of the molecule is CC(C)c1ccc(CNc2cn[nH]c(=O)c2Br)cc1. The van der Waals surface area contributed by atoms with Gasteiger partial charge in [0.05, 0.1) is 11.9 Å². The minimum absolute atomic E-state index is 0.236. The maximum atomic E-state index is 11.4. The molecule has 0 unspecified atom stereocenters. The van der Waals surface area contributed by atoms with Gasteiger partial charge in [-0.15, -0.1) is 0 Å². The summed E-state index contributed by atoms with van der Waals surface area (Å²) in [5, 5.41) is 9.32. The first-order chi connectivity index (χ1) is 9.08. The summed E-state index contributed by atoms with van der Waals surface area (Å²) in [7, 11) is 0. The van der Waals surface area contributed by atoms with E-state index in [0.717, 1.165) is 5.56 Å². The lowest BCUT2D eigenvalue weighted by Crippen LogP contribution is -2.12. The van der Waals surface area contributed by atoms with Crippen LogP contribution in [0.3, 0.4) is 0 Å². The third kappa shape index (κ3) is 3.44. The van der Waals surface area contributed by atoms with Gasteiger partial charge in [-0.3, -0.25) is 4.79 Å². The molecule has 1 aromatic carbocycles. The van der Waals surface area contributed by atoms with Crippen molar-refractivity contribution in [3.05, 3.63) is 56.4 Å². The summed E-state index contributed by atoms with van der Waals surface area (Å²) in [4.78, 5) is 11.4. The number of anilines is 1. The van der Waals surface area contributed by atoms with Gasteiger partial charge in [-0.25, -0.2) is 5.10 Å². The van der Waals surface area contributed by atoms with Gasteiger partial charge in [-0.2, -0.15) is 5.10 Å². The lowest BCUT2D eigenvalue weighted by molar-refractivity contribution is 0.865. The highest BCUT2D eigenvalue weighted by atomic mass is 79.9. The van der Waals surface area contributed by atoms with Gasteiger partial charge in [0, 0.05) is 6.54 Å². The van der Waals surface area contributed by atoms with Gasteiger partial charge in [0.25, 0.3) is 5.56 Å². The van der Waals surface area contributed by atoms with Crippen molar-refractivity contribution in [3.63, 3.8) is 0 Å². The van der Waals surface area contributed by atoms with Gasteiger partial charge < -0.3 is 5.32 Å². The third-order valence-corrected chi connectivity index (χ3v) is 3.71. The van der Waals surface area contributed by atoms with Crippen LogP contribution in [0.4, 0.5) is 5.69 Å². The smallest absolute Gasteiger partial charge is 0.280 e. The van der Waals surface area contributed by atoms with Crippen molar-refractivity contribution in [2.45, 2.75) is 26.3 Å². The molecule has 2 aromatic rings. The average Bonchev–Trinajstić information content (AvgIpc) is 2.41. The van der Waals surface area contributed by atoms with E-state index in [4.69, 9.17) is 0 Å². The Kier molecular flexibility index (Phi) is 4.37. The second-order valence-corrected chi connectivity index (χ2v) is 5.47. The Balaban J connectivity index is 2.06. The molecule has 0 radical (unpaired) electrons. The van der Waals surface area contributed by atoms with Crippen molar-refractivity contribution >= 4 is 21.6 Å². The summed E-state index contributed by atoms with van der Waals surface area (Å²) in [5.41, 5.74) is 2.94. The standard InChI is InChI=1S/C14H16BrN3O/c1-9(2)11-5-3-10(4-6-11)7-16-12-8-17-18-14(19)13(12)15/h3-6,8-9H,7H2,1-2H3,(H2,16,18,19). The second kappa shape index (κ2) is 6.02. The zero-order valence-electron chi connectivity index (χ0n) is 10.9. The van der Waals surface area contributed by atoms with Crippen LogP contribution in [0.15, 0.2) is 39.7 Å². The van der Waals surface area contributed by atoms with Crippen molar-refractivity contribution in [3.8, 4) is 0 Å². The average molecular weight is 322 g/mol. The molecule has 0 aliphatic heterocycles. The van der Waals surface area contributed by atoms with Crippen LogP contribution in [-0.2, 0) is 6.54 Å². The molecule has 0 amide bonds. The molecule has 0 saturated carbocycles. The van der Waals surface area contributed by atoms with Crippen molar-refractivity contribution in [1.82, 2.24) is 10.2 Å². The predicted molar refractivity (Wildman–Crippen MR) is 80.4 cm³/mol. The monoisotopic (exact) mass is 321 g/mol. The van der Waals surface area contributed by atoms with E-state index in [1.165, 1.54) is 5.56 Å². The molecule has 0 fully saturated rings. The van der Waals surface area contributed by atoms with Gasteiger partial charge in [-0.1, -0.05) is 38.1 Å². The van der Waals surface area contributed by atoms with Crippen LogP contribution in [-0.4, -0.2) is 10.2 Å². The van der Waals surface area contributed by atoms with Crippen LogP contribution in [0.2, 0.25) is 0 Å². The number of benzene rings is 1. The van der Waals surface area contributed by atoms with E-state index in [1.54, 1.807) is 6.20 Å². The van der Waals surface area contributed by atoms with Crippen LogP contribution in [0.5, 0.6) is 0 Å². The highest BCUT2D eigenvalue weighted by molar-refractivity contribution is 9.10. The molecule has 2 rings (SSSR count). The Morgan fingerprint density at radius 1 is 1.32 bits per heavy atom. The summed E-state index contributed by atoms with van der Waals surface area (Å²) in [6, 6.07) is 8.45. The van der Waals surface area contributed by atoms with Crippen molar-refractivity contribution in [2.75, 3.05) is 5.32 Å². The number of aromatic amines is 1. The molecule has 0 saturated heterocycles. The molecule has 0 aliphatic rings. The summed E-state index contributed by atoms with van der Waals surface area (Å²) < 4.78 is 0.473. The summed E-state index contributed by atoms with van der Waals surface area (Å²) in [5.74, 6) is 0.535. The molecular formula is C14H16BrN3O. The molecule has 1 aromatic heterocycles. The fourth-order valence-corrected chi connectivity index (χ4v) is 2.06. The lowest BCUT2D eigenvalue weighted by atomic mass is 10.0. The van der Waals surface area contributed by atoms with Crippen molar-refractivity contribution < 1.29 is 0 Å². The first kappa shape index (κ1) is 13.8.